The van der Waals surface area contributed by atoms with Crippen LogP contribution in [0.1, 0.15) is 26.5 Å². The summed E-state index contributed by atoms with van der Waals surface area (Å²) in [5, 5.41) is 0. The van der Waals surface area contributed by atoms with E-state index in [0.29, 0.717) is 12.3 Å². The third-order valence-electron chi connectivity index (χ3n) is 2.89. The van der Waals surface area contributed by atoms with Gasteiger partial charge in [0.25, 0.3) is 0 Å². The van der Waals surface area contributed by atoms with E-state index in [-0.39, 0.29) is 6.09 Å². The predicted octanol–water partition coefficient (Wildman–Crippen LogP) is 5.08. The fraction of sp³-hybridized carbons (Fsp3) is 0.353. The van der Waals surface area contributed by atoms with Gasteiger partial charge in [0.05, 0.1) is 6.54 Å². The van der Waals surface area contributed by atoms with Crippen molar-refractivity contribution in [2.45, 2.75) is 32.9 Å². The summed E-state index contributed by atoms with van der Waals surface area (Å²) in [6.45, 7) is 5.90. The van der Waals surface area contributed by atoms with Crippen LogP contribution in [0.15, 0.2) is 45.3 Å². The molecule has 0 unspecified atom stereocenters. The van der Waals surface area contributed by atoms with E-state index < -0.39 is 5.60 Å². The number of ether oxygens (including phenoxy) is 1. The van der Waals surface area contributed by atoms with Gasteiger partial charge in [0.15, 0.2) is 0 Å². The van der Waals surface area contributed by atoms with E-state index >= 15 is 0 Å². The Balaban J connectivity index is 2.03. The van der Waals surface area contributed by atoms with Gasteiger partial charge in [0.1, 0.15) is 17.1 Å². The molecule has 0 bridgehead atoms. The van der Waals surface area contributed by atoms with Crippen LogP contribution >= 0.6 is 15.9 Å². The van der Waals surface area contributed by atoms with Gasteiger partial charge in [-0.1, -0.05) is 28.1 Å². The number of benzene rings is 1. The number of carbonyl (C=O) groups excluding carboxylic acids is 1. The van der Waals surface area contributed by atoms with Crippen LogP contribution in [-0.2, 0) is 11.3 Å². The molecule has 22 heavy (non-hydrogen) atoms. The minimum atomic E-state index is -0.503. The van der Waals surface area contributed by atoms with Crippen molar-refractivity contribution in [2.24, 2.45) is 0 Å². The van der Waals surface area contributed by atoms with E-state index in [2.05, 4.69) is 15.9 Å². The van der Waals surface area contributed by atoms with Crippen LogP contribution in [-0.4, -0.2) is 23.6 Å². The highest BCUT2D eigenvalue weighted by Gasteiger charge is 2.20. The minimum Gasteiger partial charge on any atom is -0.459 e. The van der Waals surface area contributed by atoms with Crippen LogP contribution in [0.25, 0.3) is 11.3 Å². The Morgan fingerprint density at radius 3 is 2.41 bits per heavy atom. The molecular weight excluding hydrogens is 346 g/mol. The zero-order valence-electron chi connectivity index (χ0n) is 13.2. The predicted molar refractivity (Wildman–Crippen MR) is 89.5 cm³/mol. The van der Waals surface area contributed by atoms with Crippen molar-refractivity contribution in [3.05, 3.63) is 46.6 Å². The first kappa shape index (κ1) is 16.6. The van der Waals surface area contributed by atoms with Crippen LogP contribution in [0.5, 0.6) is 0 Å². The van der Waals surface area contributed by atoms with Gasteiger partial charge in [-0.15, -0.1) is 0 Å². The second kappa shape index (κ2) is 6.57. The molecule has 0 N–H and O–H groups in total. The summed E-state index contributed by atoms with van der Waals surface area (Å²) in [5.74, 6) is 1.49. The van der Waals surface area contributed by atoms with E-state index in [0.717, 1.165) is 15.8 Å². The quantitative estimate of drug-likeness (QED) is 0.761. The Bertz CT molecular complexity index is 641. The summed E-state index contributed by atoms with van der Waals surface area (Å²) >= 11 is 3.41. The molecule has 2 aromatic rings. The van der Waals surface area contributed by atoms with Crippen molar-refractivity contribution in [1.29, 1.82) is 0 Å². The summed E-state index contributed by atoms with van der Waals surface area (Å²) in [6, 6.07) is 11.7. The molecule has 0 aliphatic carbocycles. The fourth-order valence-corrected chi connectivity index (χ4v) is 2.13. The molecule has 2 rings (SSSR count). The third kappa shape index (κ3) is 4.63. The summed E-state index contributed by atoms with van der Waals surface area (Å²) in [6.07, 6.45) is -0.367. The molecular formula is C17H20BrNO3. The van der Waals surface area contributed by atoms with Crippen molar-refractivity contribution < 1.29 is 13.9 Å². The maximum absolute atomic E-state index is 11.9. The first-order valence-electron chi connectivity index (χ1n) is 7.03. The first-order valence-corrected chi connectivity index (χ1v) is 7.83. The average molecular weight is 366 g/mol. The molecule has 0 spiro atoms. The largest absolute Gasteiger partial charge is 0.459 e. The topological polar surface area (TPSA) is 42.7 Å². The Hall–Kier alpha value is -1.75. The highest BCUT2D eigenvalue weighted by atomic mass is 79.9. The lowest BCUT2D eigenvalue weighted by Gasteiger charge is -2.24. The number of amides is 1. The highest BCUT2D eigenvalue weighted by molar-refractivity contribution is 9.10. The van der Waals surface area contributed by atoms with Crippen LogP contribution in [0, 0.1) is 0 Å². The van der Waals surface area contributed by atoms with Gasteiger partial charge in [-0.25, -0.2) is 4.79 Å². The SMILES string of the molecule is CN(Cc1ccc(-c2ccc(Br)cc2)o1)C(=O)OC(C)(C)C. The van der Waals surface area contributed by atoms with Crippen molar-refractivity contribution in [3.63, 3.8) is 0 Å². The number of carbonyl (C=O) groups is 1. The smallest absolute Gasteiger partial charge is 0.410 e. The Morgan fingerprint density at radius 1 is 1.18 bits per heavy atom. The lowest BCUT2D eigenvalue weighted by atomic mass is 10.2. The molecule has 0 aliphatic heterocycles. The molecule has 1 amide bonds. The number of nitrogens with zero attached hydrogens (tertiary/aromatic N) is 1. The molecule has 5 heteroatoms. The molecule has 0 saturated carbocycles. The van der Waals surface area contributed by atoms with Crippen molar-refractivity contribution in [3.8, 4) is 11.3 Å². The number of hydrogen-bond acceptors (Lipinski definition) is 3. The summed E-state index contributed by atoms with van der Waals surface area (Å²) in [7, 11) is 1.69. The molecule has 0 radical (unpaired) electrons. The highest BCUT2D eigenvalue weighted by Crippen LogP contribution is 2.24. The van der Waals surface area contributed by atoms with E-state index in [9.17, 15) is 4.79 Å². The lowest BCUT2D eigenvalue weighted by Crippen LogP contribution is -2.33. The molecule has 0 atom stereocenters. The number of rotatable bonds is 3. The molecule has 0 fully saturated rings. The zero-order chi connectivity index (χ0) is 16.3. The van der Waals surface area contributed by atoms with Gasteiger partial charge < -0.3 is 14.1 Å². The maximum Gasteiger partial charge on any atom is 0.410 e. The molecule has 1 heterocycles. The van der Waals surface area contributed by atoms with E-state index in [4.69, 9.17) is 9.15 Å². The molecule has 1 aromatic carbocycles. The Kier molecular flexibility index (Phi) is 4.96. The zero-order valence-corrected chi connectivity index (χ0v) is 14.8. The van der Waals surface area contributed by atoms with Gasteiger partial charge in [-0.3, -0.25) is 0 Å². The molecule has 0 saturated heterocycles. The van der Waals surface area contributed by atoms with Crippen LogP contribution in [0.3, 0.4) is 0 Å². The minimum absolute atomic E-state index is 0.367. The van der Waals surface area contributed by atoms with E-state index in [1.165, 1.54) is 4.90 Å². The standard InChI is InChI=1S/C17H20BrNO3/c1-17(2,3)22-16(20)19(4)11-14-9-10-15(21-14)12-5-7-13(18)8-6-12/h5-10H,11H2,1-4H3. The van der Waals surface area contributed by atoms with Crippen LogP contribution in [0.2, 0.25) is 0 Å². The number of furan rings is 1. The monoisotopic (exact) mass is 365 g/mol. The molecule has 118 valence electrons. The number of halogens is 1. The molecule has 1 aromatic heterocycles. The van der Waals surface area contributed by atoms with E-state index in [1.54, 1.807) is 7.05 Å². The van der Waals surface area contributed by atoms with Gasteiger partial charge in [-0.2, -0.15) is 0 Å². The van der Waals surface area contributed by atoms with Crippen LogP contribution < -0.4 is 0 Å². The second-order valence-electron chi connectivity index (χ2n) is 6.11. The summed E-state index contributed by atoms with van der Waals surface area (Å²) < 4.78 is 12.1. The maximum atomic E-state index is 11.9. The average Bonchev–Trinajstić information content (AvgIpc) is 2.86. The summed E-state index contributed by atoms with van der Waals surface area (Å²) in [4.78, 5) is 13.4. The third-order valence-corrected chi connectivity index (χ3v) is 3.42. The van der Waals surface area contributed by atoms with Gasteiger partial charge in [-0.05, 0) is 45.0 Å². The lowest BCUT2D eigenvalue weighted by molar-refractivity contribution is 0.0275. The van der Waals surface area contributed by atoms with Crippen molar-refractivity contribution >= 4 is 22.0 Å². The Morgan fingerprint density at radius 2 is 1.82 bits per heavy atom. The second-order valence-corrected chi connectivity index (χ2v) is 7.02. The summed E-state index contributed by atoms with van der Waals surface area (Å²) in [5.41, 5.74) is 0.492. The normalized spacial score (nSPS) is 11.3. The van der Waals surface area contributed by atoms with Gasteiger partial charge in [0.2, 0.25) is 0 Å². The first-order chi connectivity index (χ1) is 10.2. The van der Waals surface area contributed by atoms with Crippen molar-refractivity contribution in [2.75, 3.05) is 7.05 Å². The van der Waals surface area contributed by atoms with E-state index in [1.807, 2.05) is 57.2 Å². The van der Waals surface area contributed by atoms with Crippen LogP contribution in [0.4, 0.5) is 4.79 Å². The fourth-order valence-electron chi connectivity index (χ4n) is 1.87. The Labute approximate surface area is 139 Å². The molecule has 4 nitrogen and oxygen atoms in total. The molecule has 0 aliphatic rings. The number of hydrogen-bond donors (Lipinski definition) is 0. The van der Waals surface area contributed by atoms with Crippen molar-refractivity contribution in [1.82, 2.24) is 4.90 Å². The van der Waals surface area contributed by atoms with Gasteiger partial charge >= 0.3 is 6.09 Å². The van der Waals surface area contributed by atoms with Gasteiger partial charge in [0, 0.05) is 17.1 Å².